The molecule has 8 aromatic carbocycles. The maximum atomic E-state index is 2.55. The first-order chi connectivity index (χ1) is 28.5. The van der Waals surface area contributed by atoms with E-state index in [1.54, 1.807) is 0 Å². The Kier molecular flexibility index (Phi) is 8.65. The molecule has 0 aliphatic carbocycles. The van der Waals surface area contributed by atoms with Gasteiger partial charge in [-0.3, -0.25) is 0 Å². The van der Waals surface area contributed by atoms with Crippen molar-refractivity contribution in [3.05, 3.63) is 205 Å². The predicted octanol–water partition coefficient (Wildman–Crippen LogP) is 15.8. The summed E-state index contributed by atoms with van der Waals surface area (Å²) in [5, 5.41) is 1.21. The Hall–Kier alpha value is -5.85. The summed E-state index contributed by atoms with van der Waals surface area (Å²) in [5.41, 5.74) is 13.1. The van der Waals surface area contributed by atoms with Gasteiger partial charge in [0.2, 0.25) is 0 Å². The predicted molar refractivity (Wildman–Crippen MR) is 246 cm³/mol. The minimum Gasteiger partial charge on any atom is -0.309 e. The number of hydrogen-bond donors (Lipinski definition) is 0. The van der Waals surface area contributed by atoms with E-state index in [1.165, 1.54) is 85.2 Å². The number of fused-ring (bicyclic) bond motifs is 5. The Morgan fingerprint density at radius 3 is 1.74 bits per heavy atom. The van der Waals surface area contributed by atoms with Crippen molar-refractivity contribution < 1.29 is 0 Å². The molecule has 0 fully saturated rings. The summed E-state index contributed by atoms with van der Waals surface area (Å²) in [7, 11) is 0. The van der Waals surface area contributed by atoms with Crippen LogP contribution in [-0.4, -0.2) is 4.57 Å². The van der Waals surface area contributed by atoms with Crippen molar-refractivity contribution in [1.82, 2.24) is 4.57 Å². The minimum absolute atomic E-state index is 0.166. The second kappa shape index (κ2) is 14.2. The van der Waals surface area contributed by atoms with Crippen molar-refractivity contribution in [3.8, 4) is 28.1 Å². The number of rotatable bonds is 6. The lowest BCUT2D eigenvalue weighted by molar-refractivity contribution is 0.607. The van der Waals surface area contributed by atoms with Gasteiger partial charge in [-0.15, -0.1) is 0 Å². The van der Waals surface area contributed by atoms with Crippen LogP contribution in [-0.2, 0) is 5.41 Å². The molecule has 0 amide bonds. The highest BCUT2D eigenvalue weighted by molar-refractivity contribution is 8.05. The lowest BCUT2D eigenvalue weighted by Crippen LogP contribution is -2.25. The number of hydrogen-bond acceptors (Lipinski definition) is 4. The molecule has 1 aromatic heterocycles. The molecule has 2 aliphatic rings. The molecule has 9 aromatic rings. The van der Waals surface area contributed by atoms with E-state index < -0.39 is 0 Å². The Morgan fingerprint density at radius 2 is 1.00 bits per heavy atom. The van der Waals surface area contributed by atoms with Gasteiger partial charge in [0.1, 0.15) is 0 Å². The summed E-state index contributed by atoms with van der Waals surface area (Å²) in [4.78, 5) is 10.3. The van der Waals surface area contributed by atoms with Gasteiger partial charge in [-0.25, -0.2) is 0 Å². The zero-order valence-electron chi connectivity index (χ0n) is 32.1. The minimum atomic E-state index is -0.166. The van der Waals surface area contributed by atoms with Gasteiger partial charge in [0.25, 0.3) is 0 Å². The largest absolute Gasteiger partial charge is 0.309 e. The Bertz CT molecular complexity index is 3010. The van der Waals surface area contributed by atoms with E-state index >= 15 is 0 Å². The van der Waals surface area contributed by atoms with E-state index in [2.05, 4.69) is 217 Å². The third kappa shape index (κ3) is 5.75. The van der Waals surface area contributed by atoms with Crippen LogP contribution in [0.3, 0.4) is 0 Å². The Balaban J connectivity index is 1.22. The highest BCUT2D eigenvalue weighted by Gasteiger charge is 2.36. The quantitative estimate of drug-likeness (QED) is 0.165. The standard InChI is InChI=1S/C53H38N2S3/c1-53(2)40-24-12-13-28-45(40)57-51-41(53)25-16-26-43(51)54(44-27-17-31-48-52(44)58-47-30-15-14-29-46(47)56-48)38-32-33-42-39(34-38)49(35-18-6-3-7-19-35)50(36-20-8-4-9-21-36)55(42)37-22-10-5-11-23-37/h3-34H,1-2H3. The number of para-hydroxylation sites is 1. The molecule has 5 heteroatoms. The second-order valence-corrected chi connectivity index (χ2v) is 18.5. The van der Waals surface area contributed by atoms with Gasteiger partial charge in [-0.1, -0.05) is 177 Å². The zero-order valence-corrected chi connectivity index (χ0v) is 34.5. The van der Waals surface area contributed by atoms with E-state index in [-0.39, 0.29) is 5.41 Å². The smallest absolute Gasteiger partial charge is 0.0619 e. The number of benzene rings is 8. The summed E-state index contributed by atoms with van der Waals surface area (Å²) in [6.07, 6.45) is 0. The summed E-state index contributed by atoms with van der Waals surface area (Å²) in [6, 6.07) is 71.2. The average Bonchev–Trinajstić information content (AvgIpc) is 3.62. The highest BCUT2D eigenvalue weighted by atomic mass is 32.2. The molecule has 0 saturated carbocycles. The van der Waals surface area contributed by atoms with Gasteiger partial charge in [-0.2, -0.15) is 0 Å². The van der Waals surface area contributed by atoms with Crippen LogP contribution in [0, 0.1) is 0 Å². The molecule has 0 N–H and O–H groups in total. The van der Waals surface area contributed by atoms with Crippen molar-refractivity contribution in [2.24, 2.45) is 0 Å². The molecule has 0 atom stereocenters. The number of aromatic nitrogens is 1. The van der Waals surface area contributed by atoms with Crippen molar-refractivity contribution in [2.45, 2.75) is 48.6 Å². The van der Waals surface area contributed by atoms with Gasteiger partial charge in [-0.05, 0) is 89.0 Å². The molecule has 0 saturated heterocycles. The van der Waals surface area contributed by atoms with E-state index in [1.807, 2.05) is 35.3 Å². The van der Waals surface area contributed by atoms with Gasteiger partial charge in [0.15, 0.2) is 0 Å². The summed E-state index contributed by atoms with van der Waals surface area (Å²) in [5.74, 6) is 0. The monoisotopic (exact) mass is 798 g/mol. The molecular weight excluding hydrogens is 761 g/mol. The molecule has 0 spiro atoms. The number of nitrogens with zero attached hydrogens (tertiary/aromatic N) is 2. The first-order valence-electron chi connectivity index (χ1n) is 19.7. The SMILES string of the molecule is CC1(C)c2ccccc2Sc2c(N(c3ccc4c(c3)c(-c3ccccc3)c(-c3ccccc3)n4-c3ccccc3)c3cccc4c3Sc3ccccc3S4)cccc21. The van der Waals surface area contributed by atoms with E-state index in [0.29, 0.717) is 0 Å². The van der Waals surface area contributed by atoms with Gasteiger partial charge < -0.3 is 9.47 Å². The molecule has 2 nitrogen and oxygen atoms in total. The average molecular weight is 799 g/mol. The Labute approximate surface area is 352 Å². The van der Waals surface area contributed by atoms with Crippen LogP contribution in [0.25, 0.3) is 39.0 Å². The van der Waals surface area contributed by atoms with Crippen LogP contribution in [0.4, 0.5) is 17.1 Å². The number of anilines is 3. The highest BCUT2D eigenvalue weighted by Crippen LogP contribution is 2.58. The molecule has 278 valence electrons. The van der Waals surface area contributed by atoms with Crippen LogP contribution in [0.1, 0.15) is 25.0 Å². The van der Waals surface area contributed by atoms with Crippen molar-refractivity contribution in [2.75, 3.05) is 4.90 Å². The molecule has 11 rings (SSSR count). The maximum absolute atomic E-state index is 2.55. The fraction of sp³-hybridized carbons (Fsp3) is 0.0566. The van der Waals surface area contributed by atoms with E-state index in [9.17, 15) is 0 Å². The molecule has 0 radical (unpaired) electrons. The molecule has 2 aliphatic heterocycles. The molecule has 58 heavy (non-hydrogen) atoms. The van der Waals surface area contributed by atoms with Crippen LogP contribution in [0.15, 0.2) is 223 Å². The van der Waals surface area contributed by atoms with Crippen molar-refractivity contribution >= 4 is 63.3 Å². The first-order valence-corrected chi connectivity index (χ1v) is 22.1. The lowest BCUT2D eigenvalue weighted by atomic mass is 9.77. The van der Waals surface area contributed by atoms with Gasteiger partial charge in [0, 0.05) is 52.2 Å². The fourth-order valence-corrected chi connectivity index (χ4v) is 12.6. The van der Waals surface area contributed by atoms with Gasteiger partial charge >= 0.3 is 0 Å². The third-order valence-corrected chi connectivity index (χ3v) is 15.3. The molecule has 3 heterocycles. The molecule has 0 unspecified atom stereocenters. The maximum Gasteiger partial charge on any atom is 0.0619 e. The molecule has 0 bridgehead atoms. The third-order valence-electron chi connectivity index (χ3n) is 11.5. The van der Waals surface area contributed by atoms with Crippen LogP contribution < -0.4 is 4.90 Å². The summed E-state index contributed by atoms with van der Waals surface area (Å²) < 4.78 is 2.45. The molecular formula is C53H38N2S3. The van der Waals surface area contributed by atoms with Gasteiger partial charge in [0.05, 0.1) is 27.5 Å². The summed E-state index contributed by atoms with van der Waals surface area (Å²) in [6.45, 7) is 4.75. The topological polar surface area (TPSA) is 8.17 Å². The fourth-order valence-electron chi connectivity index (χ4n) is 8.78. The Morgan fingerprint density at radius 1 is 0.448 bits per heavy atom. The zero-order chi connectivity index (χ0) is 38.8. The van der Waals surface area contributed by atoms with Crippen molar-refractivity contribution in [3.63, 3.8) is 0 Å². The summed E-state index contributed by atoms with van der Waals surface area (Å²) >= 11 is 5.66. The van der Waals surface area contributed by atoms with Crippen molar-refractivity contribution in [1.29, 1.82) is 0 Å². The van der Waals surface area contributed by atoms with Crippen LogP contribution in [0.5, 0.6) is 0 Å². The normalized spacial score (nSPS) is 13.6. The van der Waals surface area contributed by atoms with E-state index in [0.717, 1.165) is 11.4 Å². The second-order valence-electron chi connectivity index (χ2n) is 15.3. The van der Waals surface area contributed by atoms with E-state index in [4.69, 9.17) is 0 Å². The van der Waals surface area contributed by atoms with Crippen LogP contribution >= 0.6 is 35.3 Å². The van der Waals surface area contributed by atoms with Crippen LogP contribution in [0.2, 0.25) is 0 Å². The lowest BCUT2D eigenvalue weighted by Gasteiger charge is -2.38. The first kappa shape index (κ1) is 35.3.